The van der Waals surface area contributed by atoms with Crippen LogP contribution in [0.15, 0.2) is 59.6 Å². The lowest BCUT2D eigenvalue weighted by molar-refractivity contribution is 0.0946. The molecule has 0 radical (unpaired) electrons. The van der Waals surface area contributed by atoms with E-state index in [0.717, 1.165) is 16.9 Å². The summed E-state index contributed by atoms with van der Waals surface area (Å²) in [5.74, 6) is 2.32. The summed E-state index contributed by atoms with van der Waals surface area (Å²) in [6.45, 7) is 6.89. The molecule has 1 amide bonds. The number of pyridine rings is 1. The van der Waals surface area contributed by atoms with Crippen molar-refractivity contribution in [1.82, 2.24) is 30.0 Å². The third-order valence-corrected chi connectivity index (χ3v) is 4.69. The highest BCUT2D eigenvalue weighted by molar-refractivity contribution is 5.92. The van der Waals surface area contributed by atoms with Crippen molar-refractivity contribution in [2.45, 2.75) is 33.2 Å². The normalized spacial score (nSPS) is 11.0. The van der Waals surface area contributed by atoms with Crippen molar-refractivity contribution >= 4 is 5.91 Å². The standard InChI is InChI=1S/C23H24N6O3/c1-4-31-18-7-5-6-16(10-18)12-25-22(30)19-13-29(14-26-19)20-11-17(8-9-24-20)23-27-21(15(2)3)28-32-23/h5-11,13-15H,4,12H2,1-3H3,(H,25,30). The quantitative estimate of drug-likeness (QED) is 0.451. The molecule has 0 aliphatic rings. The van der Waals surface area contributed by atoms with Crippen LogP contribution >= 0.6 is 0 Å². The molecule has 0 saturated heterocycles. The maximum absolute atomic E-state index is 12.6. The Bertz CT molecular complexity index is 1210. The average molecular weight is 432 g/mol. The number of rotatable bonds is 8. The van der Waals surface area contributed by atoms with Crippen LogP contribution in [0, 0.1) is 0 Å². The van der Waals surface area contributed by atoms with E-state index in [1.165, 1.54) is 0 Å². The molecule has 1 aromatic carbocycles. The Kier molecular flexibility index (Phi) is 6.25. The van der Waals surface area contributed by atoms with E-state index in [2.05, 4.69) is 25.4 Å². The number of nitrogens with one attached hydrogen (secondary N) is 1. The molecule has 0 fully saturated rings. The van der Waals surface area contributed by atoms with Gasteiger partial charge in [-0.1, -0.05) is 31.1 Å². The van der Waals surface area contributed by atoms with Gasteiger partial charge in [-0.05, 0) is 36.8 Å². The van der Waals surface area contributed by atoms with E-state index in [-0.39, 0.29) is 17.5 Å². The number of hydrogen-bond acceptors (Lipinski definition) is 7. The monoisotopic (exact) mass is 432 g/mol. The van der Waals surface area contributed by atoms with E-state index in [4.69, 9.17) is 9.26 Å². The van der Waals surface area contributed by atoms with Gasteiger partial charge < -0.3 is 14.6 Å². The van der Waals surface area contributed by atoms with Gasteiger partial charge >= 0.3 is 0 Å². The number of hydrogen-bond donors (Lipinski definition) is 1. The van der Waals surface area contributed by atoms with Crippen molar-refractivity contribution in [3.05, 3.63) is 72.2 Å². The summed E-state index contributed by atoms with van der Waals surface area (Å²) in [7, 11) is 0. The summed E-state index contributed by atoms with van der Waals surface area (Å²) < 4.78 is 12.5. The van der Waals surface area contributed by atoms with Gasteiger partial charge in [-0.25, -0.2) is 9.97 Å². The van der Waals surface area contributed by atoms with E-state index in [1.807, 2.05) is 45.0 Å². The van der Waals surface area contributed by atoms with E-state index < -0.39 is 0 Å². The number of imidazole rings is 1. The molecule has 0 aliphatic carbocycles. The smallest absolute Gasteiger partial charge is 0.271 e. The van der Waals surface area contributed by atoms with Crippen LogP contribution < -0.4 is 10.1 Å². The molecule has 0 spiro atoms. The molecule has 164 valence electrons. The second-order valence-electron chi connectivity index (χ2n) is 7.44. The number of ether oxygens (including phenoxy) is 1. The van der Waals surface area contributed by atoms with Gasteiger partial charge in [0.25, 0.3) is 11.8 Å². The molecule has 3 aromatic heterocycles. The van der Waals surface area contributed by atoms with Gasteiger partial charge in [-0.15, -0.1) is 0 Å². The van der Waals surface area contributed by atoms with Crippen LogP contribution in [0.4, 0.5) is 0 Å². The lowest BCUT2D eigenvalue weighted by atomic mass is 10.2. The first-order valence-electron chi connectivity index (χ1n) is 10.4. The molecule has 0 saturated carbocycles. The highest BCUT2D eigenvalue weighted by Gasteiger charge is 2.14. The Morgan fingerprint density at radius 2 is 2.09 bits per heavy atom. The zero-order valence-electron chi connectivity index (χ0n) is 18.1. The van der Waals surface area contributed by atoms with Crippen LogP contribution in [0.5, 0.6) is 5.75 Å². The van der Waals surface area contributed by atoms with Gasteiger partial charge in [0.1, 0.15) is 23.6 Å². The van der Waals surface area contributed by atoms with E-state index in [0.29, 0.717) is 30.7 Å². The molecule has 9 heteroatoms. The van der Waals surface area contributed by atoms with Crippen molar-refractivity contribution < 1.29 is 14.1 Å². The van der Waals surface area contributed by atoms with E-state index >= 15 is 0 Å². The predicted molar refractivity (Wildman–Crippen MR) is 118 cm³/mol. The predicted octanol–water partition coefficient (Wildman–Crippen LogP) is 3.77. The van der Waals surface area contributed by atoms with Crippen molar-refractivity contribution in [3.63, 3.8) is 0 Å². The largest absolute Gasteiger partial charge is 0.494 e. The Hall–Kier alpha value is -4.01. The zero-order chi connectivity index (χ0) is 22.5. The number of nitrogens with zero attached hydrogens (tertiary/aromatic N) is 5. The number of benzene rings is 1. The molecule has 3 heterocycles. The molecule has 32 heavy (non-hydrogen) atoms. The minimum atomic E-state index is -0.278. The second kappa shape index (κ2) is 9.42. The summed E-state index contributed by atoms with van der Waals surface area (Å²) >= 11 is 0. The maximum atomic E-state index is 12.6. The maximum Gasteiger partial charge on any atom is 0.271 e. The van der Waals surface area contributed by atoms with Crippen LogP contribution in [0.1, 0.15) is 48.6 Å². The average Bonchev–Trinajstić information content (AvgIpc) is 3.49. The van der Waals surface area contributed by atoms with E-state index in [1.54, 1.807) is 35.4 Å². The fraction of sp³-hybridized carbons (Fsp3) is 0.261. The van der Waals surface area contributed by atoms with Crippen LogP contribution in [-0.4, -0.2) is 37.2 Å². The Morgan fingerprint density at radius 3 is 2.88 bits per heavy atom. The molecular formula is C23H24N6O3. The molecule has 4 aromatic rings. The van der Waals surface area contributed by atoms with Crippen LogP contribution in [0.2, 0.25) is 0 Å². The number of carbonyl (C=O) groups is 1. The van der Waals surface area contributed by atoms with Crippen LogP contribution in [0.25, 0.3) is 17.3 Å². The summed E-state index contributed by atoms with van der Waals surface area (Å²) in [5.41, 5.74) is 1.97. The lowest BCUT2D eigenvalue weighted by Crippen LogP contribution is -2.23. The van der Waals surface area contributed by atoms with Gasteiger partial charge in [-0.3, -0.25) is 9.36 Å². The fourth-order valence-corrected chi connectivity index (χ4v) is 3.03. The first-order chi connectivity index (χ1) is 15.5. The second-order valence-corrected chi connectivity index (χ2v) is 7.44. The summed E-state index contributed by atoms with van der Waals surface area (Å²) in [6, 6.07) is 11.2. The van der Waals surface area contributed by atoms with Gasteiger partial charge in [0, 0.05) is 30.4 Å². The van der Waals surface area contributed by atoms with Crippen molar-refractivity contribution in [2.75, 3.05) is 6.61 Å². The molecular weight excluding hydrogens is 408 g/mol. The molecule has 0 aliphatic heterocycles. The molecule has 9 nitrogen and oxygen atoms in total. The third kappa shape index (κ3) is 4.83. The number of carbonyl (C=O) groups excluding carboxylic acids is 1. The van der Waals surface area contributed by atoms with Gasteiger partial charge in [0.05, 0.1) is 6.61 Å². The lowest BCUT2D eigenvalue weighted by Gasteiger charge is -2.07. The van der Waals surface area contributed by atoms with Gasteiger partial charge in [0.15, 0.2) is 5.82 Å². The highest BCUT2D eigenvalue weighted by atomic mass is 16.5. The minimum Gasteiger partial charge on any atom is -0.494 e. The molecule has 4 rings (SSSR count). The first-order valence-corrected chi connectivity index (χ1v) is 10.4. The van der Waals surface area contributed by atoms with Crippen molar-refractivity contribution in [1.29, 1.82) is 0 Å². The SMILES string of the molecule is CCOc1cccc(CNC(=O)c2cn(-c3cc(-c4nc(C(C)C)no4)ccn3)cn2)c1. The Morgan fingerprint density at radius 1 is 1.22 bits per heavy atom. The zero-order valence-corrected chi connectivity index (χ0v) is 18.1. The van der Waals surface area contributed by atoms with E-state index in [9.17, 15) is 4.79 Å². The summed E-state index contributed by atoms with van der Waals surface area (Å²) in [5, 5.41) is 6.87. The molecule has 0 unspecified atom stereocenters. The molecule has 0 bridgehead atoms. The van der Waals surface area contributed by atoms with Crippen LogP contribution in [0.3, 0.4) is 0 Å². The highest BCUT2D eigenvalue weighted by Crippen LogP contribution is 2.21. The Labute approximate surface area is 185 Å². The topological polar surface area (TPSA) is 108 Å². The Balaban J connectivity index is 1.45. The summed E-state index contributed by atoms with van der Waals surface area (Å²) in [4.78, 5) is 25.5. The van der Waals surface area contributed by atoms with Crippen LogP contribution in [-0.2, 0) is 6.54 Å². The van der Waals surface area contributed by atoms with Crippen molar-refractivity contribution in [2.24, 2.45) is 0 Å². The van der Waals surface area contributed by atoms with Gasteiger partial charge in [0.2, 0.25) is 0 Å². The molecule has 0 atom stereocenters. The minimum absolute atomic E-state index is 0.171. The fourth-order valence-electron chi connectivity index (χ4n) is 3.03. The first kappa shape index (κ1) is 21.2. The molecule has 1 N–H and O–H groups in total. The number of aromatic nitrogens is 5. The van der Waals surface area contributed by atoms with Crippen molar-refractivity contribution in [3.8, 4) is 23.0 Å². The third-order valence-electron chi connectivity index (χ3n) is 4.69. The van der Waals surface area contributed by atoms with Gasteiger partial charge in [-0.2, -0.15) is 4.98 Å². The number of amides is 1. The summed E-state index contributed by atoms with van der Waals surface area (Å²) in [6.07, 6.45) is 4.82.